The number of hydrogen-bond acceptors (Lipinski definition) is 3. The van der Waals surface area contributed by atoms with Gasteiger partial charge in [-0.25, -0.2) is 9.82 Å². The van der Waals surface area contributed by atoms with E-state index >= 15 is 0 Å². The molecule has 0 bridgehead atoms. The number of halogens is 1. The zero-order valence-corrected chi connectivity index (χ0v) is 13.8. The minimum absolute atomic E-state index is 0.206. The summed E-state index contributed by atoms with van der Waals surface area (Å²) in [5.74, 6) is -1.14. The minimum Gasteiger partial charge on any atom is -0.343 e. The average molecular weight is 349 g/mol. The van der Waals surface area contributed by atoms with E-state index < -0.39 is 5.91 Å². The average Bonchev–Trinajstić information content (AvgIpc) is 2.67. The Labute approximate surface area is 149 Å². The number of hydrogen-bond donors (Lipinski definition) is 2. The van der Waals surface area contributed by atoms with Gasteiger partial charge in [-0.2, -0.15) is 5.10 Å². The number of amides is 2. The molecule has 0 saturated carbocycles. The molecular weight excluding hydrogens is 333 g/mol. The molecule has 26 heavy (non-hydrogen) atoms. The summed E-state index contributed by atoms with van der Waals surface area (Å²) in [5.41, 5.74) is 3.46. The molecule has 0 atom stereocenters. The van der Waals surface area contributed by atoms with Crippen molar-refractivity contribution in [2.45, 2.75) is 0 Å². The second-order valence-electron chi connectivity index (χ2n) is 5.55. The fourth-order valence-corrected chi connectivity index (χ4v) is 2.45. The van der Waals surface area contributed by atoms with E-state index in [1.807, 2.05) is 30.3 Å². The van der Waals surface area contributed by atoms with Crippen LogP contribution in [0.15, 0.2) is 71.8 Å². The Morgan fingerprint density at radius 3 is 2.50 bits per heavy atom. The largest absolute Gasteiger partial charge is 0.343 e. The summed E-state index contributed by atoms with van der Waals surface area (Å²) in [6.07, 6.45) is 1.39. The maximum atomic E-state index is 12.8. The van der Waals surface area contributed by atoms with Gasteiger partial charge in [0.15, 0.2) is 0 Å². The predicted octanol–water partition coefficient (Wildman–Crippen LogP) is 2.86. The third kappa shape index (κ3) is 4.30. The lowest BCUT2D eigenvalue weighted by Gasteiger charge is -2.07. The quantitative estimate of drug-likeness (QED) is 0.549. The first-order valence-electron chi connectivity index (χ1n) is 7.97. The highest BCUT2D eigenvalue weighted by Gasteiger charge is 2.10. The van der Waals surface area contributed by atoms with Gasteiger partial charge in [-0.05, 0) is 34.5 Å². The molecule has 3 rings (SSSR count). The van der Waals surface area contributed by atoms with E-state index in [4.69, 9.17) is 0 Å². The van der Waals surface area contributed by atoms with Crippen molar-refractivity contribution in [3.8, 4) is 0 Å². The van der Waals surface area contributed by atoms with E-state index in [0.717, 1.165) is 10.8 Å². The van der Waals surface area contributed by atoms with Gasteiger partial charge in [-0.1, -0.05) is 48.5 Å². The van der Waals surface area contributed by atoms with Crippen LogP contribution in [0.1, 0.15) is 15.9 Å². The van der Waals surface area contributed by atoms with Crippen molar-refractivity contribution < 1.29 is 14.0 Å². The van der Waals surface area contributed by atoms with Gasteiger partial charge in [0.25, 0.3) is 11.8 Å². The summed E-state index contributed by atoms with van der Waals surface area (Å²) in [7, 11) is 0. The van der Waals surface area contributed by atoms with Crippen molar-refractivity contribution in [1.82, 2.24) is 10.7 Å². The van der Waals surface area contributed by atoms with Gasteiger partial charge in [0.05, 0.1) is 12.8 Å². The lowest BCUT2D eigenvalue weighted by Crippen LogP contribution is -2.35. The van der Waals surface area contributed by atoms with Gasteiger partial charge in [-0.15, -0.1) is 0 Å². The van der Waals surface area contributed by atoms with E-state index in [0.29, 0.717) is 11.1 Å². The summed E-state index contributed by atoms with van der Waals surface area (Å²) < 4.78 is 12.8. The number of fused-ring (bicyclic) bond motifs is 1. The van der Waals surface area contributed by atoms with Crippen molar-refractivity contribution in [2.24, 2.45) is 5.10 Å². The topological polar surface area (TPSA) is 70.6 Å². The second kappa shape index (κ2) is 8.02. The van der Waals surface area contributed by atoms with Gasteiger partial charge in [0.1, 0.15) is 5.82 Å². The molecular formula is C20H16FN3O2. The Morgan fingerprint density at radius 1 is 0.962 bits per heavy atom. The molecule has 6 heteroatoms. The summed E-state index contributed by atoms with van der Waals surface area (Å²) in [6.45, 7) is -0.206. The van der Waals surface area contributed by atoms with E-state index in [-0.39, 0.29) is 18.3 Å². The van der Waals surface area contributed by atoms with Crippen LogP contribution in [0.2, 0.25) is 0 Å². The summed E-state index contributed by atoms with van der Waals surface area (Å²) in [6, 6.07) is 18.6. The number of benzene rings is 3. The Kier molecular flexibility index (Phi) is 5.34. The van der Waals surface area contributed by atoms with Crippen LogP contribution in [0, 0.1) is 5.82 Å². The lowest BCUT2D eigenvalue weighted by atomic mass is 10.0. The van der Waals surface area contributed by atoms with E-state index in [9.17, 15) is 14.0 Å². The lowest BCUT2D eigenvalue weighted by molar-refractivity contribution is -0.120. The molecule has 0 aliphatic heterocycles. The minimum atomic E-state index is -0.461. The Bertz CT molecular complexity index is 963. The van der Waals surface area contributed by atoms with E-state index in [1.54, 1.807) is 12.1 Å². The van der Waals surface area contributed by atoms with E-state index in [2.05, 4.69) is 15.8 Å². The number of nitrogens with one attached hydrogen (secondary N) is 2. The number of nitrogens with zero attached hydrogens (tertiary/aromatic N) is 1. The van der Waals surface area contributed by atoms with Crippen molar-refractivity contribution in [2.75, 3.05) is 6.54 Å². The van der Waals surface area contributed by atoms with E-state index in [1.165, 1.54) is 30.5 Å². The first-order chi connectivity index (χ1) is 12.6. The molecule has 5 nitrogen and oxygen atoms in total. The van der Waals surface area contributed by atoms with Gasteiger partial charge in [-0.3, -0.25) is 9.59 Å². The first kappa shape index (κ1) is 17.3. The first-order valence-corrected chi connectivity index (χ1v) is 7.97. The molecule has 0 aliphatic rings. The molecule has 0 heterocycles. The monoisotopic (exact) mass is 349 g/mol. The smallest absolute Gasteiger partial charge is 0.259 e. The molecule has 0 unspecified atom stereocenters. The maximum Gasteiger partial charge on any atom is 0.259 e. The third-order valence-corrected chi connectivity index (χ3v) is 3.72. The van der Waals surface area contributed by atoms with Crippen LogP contribution in [0.5, 0.6) is 0 Å². The zero-order valence-electron chi connectivity index (χ0n) is 13.8. The SMILES string of the molecule is O=C(CNC(=O)c1cccc2ccccc12)N/N=C\c1ccc(F)cc1. The van der Waals surface area contributed by atoms with Crippen molar-refractivity contribution in [3.63, 3.8) is 0 Å². The van der Waals surface area contributed by atoms with Gasteiger partial charge in [0.2, 0.25) is 0 Å². The molecule has 3 aromatic carbocycles. The van der Waals surface area contributed by atoms with Crippen LogP contribution in [0.4, 0.5) is 4.39 Å². The van der Waals surface area contributed by atoms with Crippen molar-refractivity contribution in [1.29, 1.82) is 0 Å². The molecule has 130 valence electrons. The van der Waals surface area contributed by atoms with Crippen LogP contribution < -0.4 is 10.7 Å². The van der Waals surface area contributed by atoms with Crippen LogP contribution in [0.3, 0.4) is 0 Å². The van der Waals surface area contributed by atoms with Crippen LogP contribution >= 0.6 is 0 Å². The Morgan fingerprint density at radius 2 is 1.69 bits per heavy atom. The third-order valence-electron chi connectivity index (χ3n) is 3.72. The summed E-state index contributed by atoms with van der Waals surface area (Å²) in [4.78, 5) is 24.1. The normalized spacial score (nSPS) is 10.8. The van der Waals surface area contributed by atoms with Crippen molar-refractivity contribution in [3.05, 3.63) is 83.7 Å². The molecule has 0 saturated heterocycles. The second-order valence-corrected chi connectivity index (χ2v) is 5.55. The molecule has 2 N–H and O–H groups in total. The zero-order chi connectivity index (χ0) is 18.4. The van der Waals surface area contributed by atoms with Gasteiger partial charge in [0, 0.05) is 5.56 Å². The maximum absolute atomic E-state index is 12.8. The standard InChI is InChI=1S/C20H16FN3O2/c21-16-10-8-14(9-11-16)12-23-24-19(25)13-22-20(26)18-7-3-5-15-4-1-2-6-17(15)18/h1-12H,13H2,(H,22,26)(H,24,25)/b23-12-. The molecule has 0 spiro atoms. The molecule has 3 aromatic rings. The molecule has 0 radical (unpaired) electrons. The van der Waals surface area contributed by atoms with Gasteiger partial charge >= 0.3 is 0 Å². The predicted molar refractivity (Wildman–Crippen MR) is 98.4 cm³/mol. The fraction of sp³-hybridized carbons (Fsp3) is 0.0500. The van der Waals surface area contributed by atoms with Crippen LogP contribution in [-0.2, 0) is 4.79 Å². The highest BCUT2D eigenvalue weighted by molar-refractivity contribution is 6.07. The highest BCUT2D eigenvalue weighted by Crippen LogP contribution is 2.18. The molecule has 0 aromatic heterocycles. The number of rotatable bonds is 5. The Hall–Kier alpha value is -3.54. The summed E-state index contributed by atoms with van der Waals surface area (Å²) >= 11 is 0. The molecule has 0 fully saturated rings. The fourth-order valence-electron chi connectivity index (χ4n) is 2.45. The number of carbonyl (C=O) groups excluding carboxylic acids is 2. The molecule has 2 amide bonds. The molecule has 0 aliphatic carbocycles. The summed E-state index contributed by atoms with van der Waals surface area (Å²) in [5, 5.41) is 8.12. The van der Waals surface area contributed by atoms with Crippen molar-refractivity contribution >= 4 is 28.8 Å². The Balaban J connectivity index is 1.55. The number of carbonyl (C=O) groups is 2. The van der Waals surface area contributed by atoms with Crippen LogP contribution in [0.25, 0.3) is 10.8 Å². The number of hydrazone groups is 1. The van der Waals surface area contributed by atoms with Crippen LogP contribution in [-0.4, -0.2) is 24.6 Å². The van der Waals surface area contributed by atoms with Gasteiger partial charge < -0.3 is 5.32 Å². The highest BCUT2D eigenvalue weighted by atomic mass is 19.1.